The van der Waals surface area contributed by atoms with E-state index in [1.54, 1.807) is 11.3 Å². The summed E-state index contributed by atoms with van der Waals surface area (Å²) in [7, 11) is 2.06. The van der Waals surface area contributed by atoms with Gasteiger partial charge < -0.3 is 4.57 Å². The van der Waals surface area contributed by atoms with Crippen LogP contribution in [0.25, 0.3) is 48.3 Å². The Hall–Kier alpha value is -2.92. The van der Waals surface area contributed by atoms with E-state index < -0.39 is 0 Å². The molecule has 0 saturated carbocycles. The summed E-state index contributed by atoms with van der Waals surface area (Å²) in [5.41, 5.74) is 5.26. The molecule has 0 atom stereocenters. The molecule has 0 N–H and O–H groups in total. The first-order valence-corrected chi connectivity index (χ1v) is 8.67. The van der Waals surface area contributed by atoms with Crippen LogP contribution in [0.1, 0.15) is 0 Å². The second-order valence-electron chi connectivity index (χ2n) is 6.07. The number of para-hydroxylation sites is 2. The highest BCUT2D eigenvalue weighted by molar-refractivity contribution is 7.25. The highest BCUT2D eigenvalue weighted by Gasteiger charge is 2.17. The summed E-state index contributed by atoms with van der Waals surface area (Å²) in [6.45, 7) is 0. The van der Waals surface area contributed by atoms with Gasteiger partial charge in [0.1, 0.15) is 0 Å². The van der Waals surface area contributed by atoms with Gasteiger partial charge in [-0.25, -0.2) is 9.97 Å². The van der Waals surface area contributed by atoms with Crippen LogP contribution in [0.3, 0.4) is 0 Å². The van der Waals surface area contributed by atoms with Crippen molar-refractivity contribution in [2.75, 3.05) is 0 Å². The number of rotatable bonds is 0. The Morgan fingerprint density at radius 1 is 0.875 bits per heavy atom. The third-order valence-electron chi connectivity index (χ3n) is 4.73. The van der Waals surface area contributed by atoms with Gasteiger partial charge in [-0.15, -0.1) is 11.3 Å². The first-order chi connectivity index (χ1) is 11.8. The summed E-state index contributed by atoms with van der Waals surface area (Å²) in [6, 6.07) is 18.9. The third-order valence-corrected chi connectivity index (χ3v) is 5.83. The summed E-state index contributed by atoms with van der Waals surface area (Å²) in [5, 5.41) is 1.22. The molecule has 0 spiro atoms. The van der Waals surface area contributed by atoms with E-state index in [4.69, 9.17) is 9.97 Å². The zero-order valence-corrected chi connectivity index (χ0v) is 13.7. The van der Waals surface area contributed by atoms with Gasteiger partial charge in [0.2, 0.25) is 5.78 Å². The number of nitrogens with zero attached hydrogens (tertiary/aromatic N) is 4. The molecule has 4 nitrogen and oxygen atoms in total. The van der Waals surface area contributed by atoms with Crippen LogP contribution in [0.5, 0.6) is 0 Å². The molecule has 0 fully saturated rings. The number of fused-ring (bicyclic) bond motifs is 8. The van der Waals surface area contributed by atoms with Crippen molar-refractivity contribution >= 4 is 59.6 Å². The first kappa shape index (κ1) is 12.5. The van der Waals surface area contributed by atoms with E-state index in [0.717, 1.165) is 33.5 Å². The standard InChI is InChI=1S/C19H12N4S/c1-22-14-10-16-17(11-6-2-5-9-15(11)24-16)21-18(14)23-13-8-4-3-7-12(13)20-19(22)23/h2-10H,1H3. The van der Waals surface area contributed by atoms with Gasteiger partial charge in [0.05, 0.1) is 26.8 Å². The molecule has 24 heavy (non-hydrogen) atoms. The van der Waals surface area contributed by atoms with Gasteiger partial charge in [-0.2, -0.15) is 0 Å². The van der Waals surface area contributed by atoms with E-state index >= 15 is 0 Å². The fraction of sp³-hybridized carbons (Fsp3) is 0.0526. The molecule has 0 aliphatic carbocycles. The first-order valence-electron chi connectivity index (χ1n) is 7.85. The van der Waals surface area contributed by atoms with Gasteiger partial charge in [0.25, 0.3) is 0 Å². The average Bonchev–Trinajstić information content (AvgIpc) is 3.24. The molecule has 6 rings (SSSR count). The van der Waals surface area contributed by atoms with Crippen LogP contribution in [0.2, 0.25) is 0 Å². The monoisotopic (exact) mass is 328 g/mol. The van der Waals surface area contributed by atoms with Crippen molar-refractivity contribution in [1.29, 1.82) is 0 Å². The molecule has 4 aromatic heterocycles. The highest BCUT2D eigenvalue weighted by atomic mass is 32.1. The molecule has 0 radical (unpaired) electrons. The Labute approximate surface area is 140 Å². The Morgan fingerprint density at radius 2 is 1.71 bits per heavy atom. The predicted molar refractivity (Wildman–Crippen MR) is 99.9 cm³/mol. The van der Waals surface area contributed by atoms with Crippen molar-refractivity contribution in [3.05, 3.63) is 54.6 Å². The molecule has 0 bridgehead atoms. The molecule has 0 unspecified atom stereocenters. The van der Waals surface area contributed by atoms with Crippen LogP contribution >= 0.6 is 11.3 Å². The van der Waals surface area contributed by atoms with Gasteiger partial charge in [-0.05, 0) is 24.3 Å². The number of thiophene rings is 1. The number of pyridine rings is 1. The van der Waals surface area contributed by atoms with Gasteiger partial charge in [0.15, 0.2) is 5.65 Å². The molecule has 0 aliphatic heterocycles. The molecule has 2 aromatic carbocycles. The molecule has 6 aromatic rings. The summed E-state index contributed by atoms with van der Waals surface area (Å²) in [4.78, 5) is 9.83. The van der Waals surface area contributed by atoms with E-state index in [2.05, 4.69) is 52.4 Å². The third kappa shape index (κ3) is 1.39. The second kappa shape index (κ2) is 4.13. The van der Waals surface area contributed by atoms with Crippen LogP contribution in [-0.2, 0) is 7.05 Å². The summed E-state index contributed by atoms with van der Waals surface area (Å²) in [5.74, 6) is 0.931. The maximum Gasteiger partial charge on any atom is 0.216 e. The minimum absolute atomic E-state index is 0.931. The Balaban J connectivity index is 1.91. The lowest BCUT2D eigenvalue weighted by Gasteiger charge is -1.97. The molecular formula is C19H12N4S. The van der Waals surface area contributed by atoms with Crippen molar-refractivity contribution in [3.63, 3.8) is 0 Å². The lowest BCUT2D eigenvalue weighted by molar-refractivity contribution is 0.974. The van der Waals surface area contributed by atoms with Gasteiger partial charge >= 0.3 is 0 Å². The van der Waals surface area contributed by atoms with Crippen molar-refractivity contribution in [2.24, 2.45) is 7.05 Å². The number of aromatic nitrogens is 4. The minimum atomic E-state index is 0.931. The maximum absolute atomic E-state index is 5.05. The normalized spacial score (nSPS) is 12.4. The number of benzene rings is 2. The average molecular weight is 328 g/mol. The molecule has 0 aliphatic rings. The molecule has 0 saturated heterocycles. The second-order valence-corrected chi connectivity index (χ2v) is 7.15. The van der Waals surface area contributed by atoms with Gasteiger partial charge in [0, 0.05) is 17.1 Å². The smallest absolute Gasteiger partial charge is 0.216 e. The number of aryl methyl sites for hydroxylation is 1. The Morgan fingerprint density at radius 3 is 2.67 bits per heavy atom. The van der Waals surface area contributed by atoms with Gasteiger partial charge in [-0.3, -0.25) is 4.40 Å². The van der Waals surface area contributed by atoms with E-state index in [9.17, 15) is 0 Å². The van der Waals surface area contributed by atoms with Crippen LogP contribution in [0.15, 0.2) is 54.6 Å². The molecule has 0 amide bonds. The predicted octanol–water partition coefficient (Wildman–Crippen LogP) is 4.74. The fourth-order valence-electron chi connectivity index (χ4n) is 3.58. The lowest BCUT2D eigenvalue weighted by atomic mass is 10.2. The van der Waals surface area contributed by atoms with Crippen LogP contribution in [0, 0.1) is 0 Å². The molecular weight excluding hydrogens is 316 g/mol. The van der Waals surface area contributed by atoms with E-state index in [1.165, 1.54) is 14.8 Å². The highest BCUT2D eigenvalue weighted by Crippen LogP contribution is 2.35. The van der Waals surface area contributed by atoms with E-state index in [-0.39, 0.29) is 0 Å². The number of imidazole rings is 2. The van der Waals surface area contributed by atoms with E-state index in [1.807, 2.05) is 18.2 Å². The maximum atomic E-state index is 5.05. The topological polar surface area (TPSA) is 35.1 Å². The summed E-state index contributed by atoms with van der Waals surface area (Å²) in [6.07, 6.45) is 0. The van der Waals surface area contributed by atoms with Crippen molar-refractivity contribution in [3.8, 4) is 0 Å². The zero-order valence-electron chi connectivity index (χ0n) is 12.9. The van der Waals surface area contributed by atoms with E-state index in [0.29, 0.717) is 0 Å². The van der Waals surface area contributed by atoms with Crippen LogP contribution < -0.4 is 0 Å². The molecule has 5 heteroatoms. The fourth-order valence-corrected chi connectivity index (χ4v) is 4.66. The van der Waals surface area contributed by atoms with Gasteiger partial charge in [-0.1, -0.05) is 30.3 Å². The summed E-state index contributed by atoms with van der Waals surface area (Å²) >= 11 is 1.80. The van der Waals surface area contributed by atoms with Crippen LogP contribution in [-0.4, -0.2) is 18.9 Å². The summed E-state index contributed by atoms with van der Waals surface area (Å²) < 4.78 is 6.79. The SMILES string of the molecule is Cn1c2cc3sc4ccccc4c3nc2n2c3ccccc3nc12. The Bertz CT molecular complexity index is 1420. The zero-order chi connectivity index (χ0) is 15.8. The van der Waals surface area contributed by atoms with Crippen molar-refractivity contribution in [1.82, 2.24) is 18.9 Å². The van der Waals surface area contributed by atoms with Crippen molar-refractivity contribution in [2.45, 2.75) is 0 Å². The largest absolute Gasteiger partial charge is 0.311 e. The Kier molecular flexibility index (Phi) is 2.15. The number of hydrogen-bond donors (Lipinski definition) is 0. The van der Waals surface area contributed by atoms with Crippen LogP contribution in [0.4, 0.5) is 0 Å². The van der Waals surface area contributed by atoms with Crippen molar-refractivity contribution < 1.29 is 0 Å². The molecule has 114 valence electrons. The molecule has 4 heterocycles. The number of hydrogen-bond acceptors (Lipinski definition) is 3. The quantitative estimate of drug-likeness (QED) is 0.403. The lowest BCUT2D eigenvalue weighted by Crippen LogP contribution is -1.88. The minimum Gasteiger partial charge on any atom is -0.311 e.